The highest BCUT2D eigenvalue weighted by Crippen LogP contribution is 2.31. The molecule has 0 radical (unpaired) electrons. The van der Waals surface area contributed by atoms with Gasteiger partial charge in [0, 0.05) is 29.4 Å². The van der Waals surface area contributed by atoms with E-state index in [0.717, 1.165) is 16.7 Å². The van der Waals surface area contributed by atoms with Gasteiger partial charge in [0.1, 0.15) is 5.58 Å². The number of nitrogens with zero attached hydrogens (tertiary/aromatic N) is 2. The van der Waals surface area contributed by atoms with Crippen molar-refractivity contribution in [1.29, 1.82) is 0 Å². The minimum atomic E-state index is -0.539. The highest BCUT2D eigenvalue weighted by atomic mass is 32.2. The van der Waals surface area contributed by atoms with E-state index in [1.165, 1.54) is 5.56 Å². The fourth-order valence-corrected chi connectivity index (χ4v) is 3.86. The lowest BCUT2D eigenvalue weighted by Crippen LogP contribution is -2.06. The van der Waals surface area contributed by atoms with Crippen molar-refractivity contribution in [1.82, 2.24) is 10.2 Å². The van der Waals surface area contributed by atoms with Crippen LogP contribution in [0.4, 0.5) is 0 Å². The summed E-state index contributed by atoms with van der Waals surface area (Å²) >= 11 is 1.72. The average Bonchev–Trinajstić information content (AvgIpc) is 3.31. The number of carbonyl (C=O) groups is 1. The Hall–Kier alpha value is -3.06. The minimum absolute atomic E-state index is 0.0900. The number of esters is 1. The molecule has 2 aromatic carbocycles. The molecule has 4 aromatic rings. The van der Waals surface area contributed by atoms with Crippen LogP contribution in [-0.4, -0.2) is 16.2 Å². The first kappa shape index (κ1) is 18.3. The molecule has 0 fully saturated rings. The lowest BCUT2D eigenvalue weighted by atomic mass is 10.1. The van der Waals surface area contributed by atoms with Crippen molar-refractivity contribution in [2.24, 2.45) is 0 Å². The summed E-state index contributed by atoms with van der Waals surface area (Å²) in [6, 6.07) is 17.8. The van der Waals surface area contributed by atoms with Crippen LogP contribution in [0, 0.1) is 6.92 Å². The Bertz CT molecular complexity index is 1090. The number of fused-ring (bicyclic) bond motifs is 1. The first-order valence-electron chi connectivity index (χ1n) is 8.79. The Morgan fingerprint density at radius 3 is 2.57 bits per heavy atom. The van der Waals surface area contributed by atoms with Gasteiger partial charge in [-0.1, -0.05) is 48.5 Å². The maximum absolute atomic E-state index is 12.6. The zero-order valence-electron chi connectivity index (χ0n) is 15.3. The average molecular weight is 394 g/mol. The molecule has 28 heavy (non-hydrogen) atoms. The molecule has 0 aliphatic carbocycles. The number of para-hydroxylation sites is 1. The van der Waals surface area contributed by atoms with Crippen molar-refractivity contribution in [2.45, 2.75) is 25.0 Å². The van der Waals surface area contributed by atoms with Crippen LogP contribution in [0.2, 0.25) is 0 Å². The lowest BCUT2D eigenvalue weighted by molar-refractivity contribution is 0.0402. The van der Waals surface area contributed by atoms with E-state index in [9.17, 15) is 4.79 Å². The van der Waals surface area contributed by atoms with Gasteiger partial charge in [-0.25, -0.2) is 4.79 Å². The van der Waals surface area contributed by atoms with E-state index < -0.39 is 5.97 Å². The summed E-state index contributed by atoms with van der Waals surface area (Å²) in [5, 5.41) is 8.48. The molecule has 6 nitrogen and oxygen atoms in total. The number of thioether (sulfide) groups is 1. The first-order valence-corrected chi connectivity index (χ1v) is 9.94. The predicted octanol–water partition coefficient (Wildman–Crippen LogP) is 4.91. The molecule has 2 heterocycles. The second kappa shape index (κ2) is 8.31. The molecule has 0 bridgehead atoms. The molecule has 0 amide bonds. The van der Waals surface area contributed by atoms with Gasteiger partial charge in [-0.05, 0) is 11.6 Å². The molecule has 0 saturated carbocycles. The van der Waals surface area contributed by atoms with Crippen LogP contribution in [0.5, 0.6) is 0 Å². The summed E-state index contributed by atoms with van der Waals surface area (Å²) in [6.45, 7) is 1.59. The number of hydrogen-bond donors (Lipinski definition) is 0. The van der Waals surface area contributed by atoms with Crippen LogP contribution in [-0.2, 0) is 22.8 Å². The largest absolute Gasteiger partial charge is 0.450 e. The van der Waals surface area contributed by atoms with E-state index in [1.54, 1.807) is 18.7 Å². The van der Waals surface area contributed by atoms with Gasteiger partial charge in [-0.3, -0.25) is 0 Å². The van der Waals surface area contributed by atoms with Gasteiger partial charge in [-0.2, -0.15) is 11.8 Å². The molecular weight excluding hydrogens is 376 g/mol. The monoisotopic (exact) mass is 394 g/mol. The van der Waals surface area contributed by atoms with Crippen molar-refractivity contribution < 1.29 is 18.4 Å². The highest BCUT2D eigenvalue weighted by Gasteiger charge is 2.22. The molecule has 0 aliphatic heterocycles. The van der Waals surface area contributed by atoms with Crippen LogP contribution in [0.3, 0.4) is 0 Å². The predicted molar refractivity (Wildman–Crippen MR) is 106 cm³/mol. The quantitative estimate of drug-likeness (QED) is 0.412. The molecule has 0 N–H and O–H groups in total. The number of aryl methyl sites for hydroxylation is 1. The zero-order valence-corrected chi connectivity index (χ0v) is 16.1. The van der Waals surface area contributed by atoms with Crippen molar-refractivity contribution in [3.05, 3.63) is 83.3 Å². The van der Waals surface area contributed by atoms with Gasteiger partial charge in [0.15, 0.2) is 6.61 Å². The molecule has 2 aromatic heterocycles. The first-order chi connectivity index (χ1) is 13.7. The third-order valence-corrected chi connectivity index (χ3v) is 5.17. The van der Waals surface area contributed by atoms with Gasteiger partial charge in [0.25, 0.3) is 5.89 Å². The topological polar surface area (TPSA) is 78.4 Å². The number of furan rings is 1. The number of aromatic nitrogens is 2. The van der Waals surface area contributed by atoms with Crippen LogP contribution in [0.15, 0.2) is 63.4 Å². The third kappa shape index (κ3) is 4.09. The molecule has 4 rings (SSSR count). The number of ether oxygens (including phenoxy) is 1. The molecule has 142 valence electrons. The number of benzene rings is 2. The summed E-state index contributed by atoms with van der Waals surface area (Å²) in [7, 11) is 0. The van der Waals surface area contributed by atoms with Crippen molar-refractivity contribution in [2.75, 3.05) is 0 Å². The number of carbonyl (C=O) groups excluding carboxylic acids is 1. The van der Waals surface area contributed by atoms with Crippen LogP contribution in [0.25, 0.3) is 11.0 Å². The Kier molecular flexibility index (Phi) is 5.43. The van der Waals surface area contributed by atoms with Gasteiger partial charge in [0.2, 0.25) is 11.7 Å². The second-order valence-electron chi connectivity index (χ2n) is 6.18. The van der Waals surface area contributed by atoms with Crippen molar-refractivity contribution in [3.63, 3.8) is 0 Å². The third-order valence-electron chi connectivity index (χ3n) is 4.14. The number of rotatable bonds is 7. The van der Waals surface area contributed by atoms with E-state index in [4.69, 9.17) is 13.6 Å². The fourth-order valence-electron chi connectivity index (χ4n) is 2.84. The van der Waals surface area contributed by atoms with Gasteiger partial charge >= 0.3 is 5.97 Å². The maximum atomic E-state index is 12.6. The minimum Gasteiger partial charge on any atom is -0.450 e. The van der Waals surface area contributed by atoms with E-state index in [1.807, 2.05) is 42.5 Å². The van der Waals surface area contributed by atoms with Crippen LogP contribution in [0.1, 0.15) is 33.5 Å². The Balaban J connectivity index is 1.51. The van der Waals surface area contributed by atoms with Crippen molar-refractivity contribution >= 4 is 28.7 Å². The zero-order chi connectivity index (χ0) is 19.3. The molecule has 7 heteroatoms. The molecule has 0 spiro atoms. The van der Waals surface area contributed by atoms with Crippen molar-refractivity contribution in [3.8, 4) is 0 Å². The number of hydrogen-bond acceptors (Lipinski definition) is 7. The summed E-state index contributed by atoms with van der Waals surface area (Å²) in [5.41, 5.74) is 2.73. The Labute approximate surface area is 165 Å². The summed E-state index contributed by atoms with van der Waals surface area (Å²) in [4.78, 5) is 12.6. The van der Waals surface area contributed by atoms with E-state index in [0.29, 0.717) is 17.2 Å². The second-order valence-corrected chi connectivity index (χ2v) is 7.16. The Morgan fingerprint density at radius 1 is 1.00 bits per heavy atom. The smallest absolute Gasteiger partial charge is 0.375 e. The lowest BCUT2D eigenvalue weighted by Gasteiger charge is -2.04. The molecule has 0 atom stereocenters. The molecule has 0 saturated heterocycles. The molecule has 0 aliphatic rings. The van der Waals surface area contributed by atoms with Crippen LogP contribution >= 0.6 is 11.8 Å². The van der Waals surface area contributed by atoms with E-state index in [2.05, 4.69) is 22.3 Å². The summed E-state index contributed by atoms with van der Waals surface area (Å²) < 4.78 is 16.4. The van der Waals surface area contributed by atoms with E-state index >= 15 is 0 Å². The van der Waals surface area contributed by atoms with Crippen LogP contribution < -0.4 is 0 Å². The molecular formula is C21H18N2O4S. The summed E-state index contributed by atoms with van der Waals surface area (Å²) in [5.74, 6) is 1.83. The summed E-state index contributed by atoms with van der Waals surface area (Å²) in [6.07, 6.45) is 0. The SMILES string of the molecule is Cc1nnc(COC(=O)c2oc3ccccc3c2CSCc2ccccc2)o1. The fraction of sp³-hybridized carbons (Fsp3) is 0.190. The molecule has 0 unspecified atom stereocenters. The maximum Gasteiger partial charge on any atom is 0.375 e. The normalized spacial score (nSPS) is 11.0. The van der Waals surface area contributed by atoms with Gasteiger partial charge < -0.3 is 13.6 Å². The highest BCUT2D eigenvalue weighted by molar-refractivity contribution is 7.97. The van der Waals surface area contributed by atoms with Gasteiger partial charge in [-0.15, -0.1) is 10.2 Å². The standard InChI is InChI=1S/C21H18N2O4S/c1-14-22-23-19(26-14)11-25-21(24)20-17(16-9-5-6-10-18(16)27-20)13-28-12-15-7-3-2-4-8-15/h2-10H,11-13H2,1H3. The van der Waals surface area contributed by atoms with E-state index in [-0.39, 0.29) is 18.3 Å². The van der Waals surface area contributed by atoms with Gasteiger partial charge in [0.05, 0.1) is 0 Å². The Morgan fingerprint density at radius 2 is 1.79 bits per heavy atom.